The van der Waals surface area contributed by atoms with Crippen LogP contribution in [-0.2, 0) is 11.8 Å². The molecule has 3 aromatic heterocycles. The maximum Gasteiger partial charge on any atom is 0.411 e. The van der Waals surface area contributed by atoms with Gasteiger partial charge in [0.25, 0.3) is 0 Å². The third-order valence-corrected chi connectivity index (χ3v) is 8.73. The van der Waals surface area contributed by atoms with Crippen LogP contribution in [0.15, 0.2) is 146 Å². The molecule has 3 aromatic carbocycles. The van der Waals surface area contributed by atoms with Crippen LogP contribution in [0.2, 0.25) is 0 Å². The van der Waals surface area contributed by atoms with Crippen molar-refractivity contribution in [3.63, 3.8) is 0 Å². The molecule has 0 saturated heterocycles. The molecule has 0 fully saturated rings. The summed E-state index contributed by atoms with van der Waals surface area (Å²) < 4.78 is 92.4. The SMILES string of the molecule is C=C1/C=C\C=C/Cc2ccncc2N1c1ccc(C(c2ccc(-n3c4ccccc4c4ccncc43)cc2)(C(F)(F)F)C(F)(F)F)cc1. The Balaban J connectivity index is 1.36. The third kappa shape index (κ3) is 4.87. The molecule has 0 N–H and O–H groups in total. The number of anilines is 2. The molecule has 0 spiro atoms. The van der Waals surface area contributed by atoms with Crippen LogP contribution in [-0.4, -0.2) is 26.9 Å². The van der Waals surface area contributed by atoms with Gasteiger partial charge >= 0.3 is 12.4 Å². The molecule has 4 nitrogen and oxygen atoms in total. The van der Waals surface area contributed by atoms with Crippen molar-refractivity contribution >= 4 is 33.2 Å². The van der Waals surface area contributed by atoms with Crippen molar-refractivity contribution in [3.05, 3.63) is 163 Å². The number of allylic oxidation sites excluding steroid dienone is 4. The lowest BCUT2D eigenvalue weighted by Crippen LogP contribution is -2.54. The van der Waals surface area contributed by atoms with Gasteiger partial charge in [0.1, 0.15) is 0 Å². The Morgan fingerprint density at radius 1 is 0.625 bits per heavy atom. The number of aromatic nitrogens is 3. The largest absolute Gasteiger partial charge is 0.411 e. The molecule has 1 aliphatic rings. The summed E-state index contributed by atoms with van der Waals surface area (Å²) in [6.07, 6.45) is 2.75. The molecule has 0 bridgehead atoms. The molecule has 0 amide bonds. The van der Waals surface area contributed by atoms with E-state index in [0.29, 0.717) is 34.7 Å². The van der Waals surface area contributed by atoms with Gasteiger partial charge in [-0.2, -0.15) is 26.3 Å². The van der Waals surface area contributed by atoms with Gasteiger partial charge in [-0.1, -0.05) is 67.3 Å². The zero-order valence-electron chi connectivity index (χ0n) is 25.2. The molecule has 0 unspecified atom stereocenters. The first kappa shape index (κ1) is 31.0. The fourth-order valence-corrected chi connectivity index (χ4v) is 6.56. The molecule has 10 heteroatoms. The molecule has 0 atom stereocenters. The predicted octanol–water partition coefficient (Wildman–Crippen LogP) is 10.3. The minimum Gasteiger partial charge on any atom is -0.309 e. The summed E-state index contributed by atoms with van der Waals surface area (Å²) in [7, 11) is 0. The second-order valence-corrected chi connectivity index (χ2v) is 11.4. The summed E-state index contributed by atoms with van der Waals surface area (Å²) in [6.45, 7) is 4.09. The summed E-state index contributed by atoms with van der Waals surface area (Å²) in [6, 6.07) is 19.7. The minimum absolute atomic E-state index is 0.332. The molecule has 0 radical (unpaired) electrons. The van der Waals surface area contributed by atoms with Gasteiger partial charge in [0, 0.05) is 40.2 Å². The number of pyridine rings is 2. The second kappa shape index (κ2) is 11.6. The van der Waals surface area contributed by atoms with E-state index in [1.807, 2.05) is 42.5 Å². The van der Waals surface area contributed by atoms with E-state index in [9.17, 15) is 0 Å². The molecular formula is C38H26F6N4. The average Bonchev–Trinajstić information content (AvgIpc) is 3.43. The van der Waals surface area contributed by atoms with Gasteiger partial charge in [0.15, 0.2) is 0 Å². The summed E-state index contributed by atoms with van der Waals surface area (Å²) >= 11 is 0. The highest BCUT2D eigenvalue weighted by Crippen LogP contribution is 2.56. The van der Waals surface area contributed by atoms with E-state index in [2.05, 4.69) is 16.5 Å². The zero-order valence-corrected chi connectivity index (χ0v) is 25.2. The van der Waals surface area contributed by atoms with E-state index in [4.69, 9.17) is 0 Å². The Kier molecular flexibility index (Phi) is 7.46. The number of alkyl halides is 6. The number of benzene rings is 3. The molecular weight excluding hydrogens is 626 g/mol. The minimum atomic E-state index is -5.74. The van der Waals surface area contributed by atoms with E-state index in [1.165, 1.54) is 24.3 Å². The number of para-hydroxylation sites is 1. The Hall–Kier alpha value is -5.64. The van der Waals surface area contributed by atoms with Crippen LogP contribution in [0.5, 0.6) is 0 Å². The molecule has 240 valence electrons. The van der Waals surface area contributed by atoms with Crippen molar-refractivity contribution in [1.29, 1.82) is 0 Å². The highest BCUT2D eigenvalue weighted by Gasteiger charge is 2.72. The second-order valence-electron chi connectivity index (χ2n) is 11.4. The van der Waals surface area contributed by atoms with Crippen molar-refractivity contribution in [3.8, 4) is 5.69 Å². The lowest BCUT2D eigenvalue weighted by molar-refractivity contribution is -0.288. The molecule has 6 aromatic rings. The van der Waals surface area contributed by atoms with Gasteiger partial charge in [-0.15, -0.1) is 0 Å². The van der Waals surface area contributed by atoms with Crippen molar-refractivity contribution in [2.24, 2.45) is 0 Å². The number of rotatable bonds is 4. The van der Waals surface area contributed by atoms with Gasteiger partial charge in [-0.3, -0.25) is 9.97 Å². The number of hydrogen-bond acceptors (Lipinski definition) is 3. The topological polar surface area (TPSA) is 34.0 Å². The smallest absolute Gasteiger partial charge is 0.309 e. The highest BCUT2D eigenvalue weighted by atomic mass is 19.4. The van der Waals surface area contributed by atoms with E-state index in [1.54, 1.807) is 52.5 Å². The fraction of sp³-hybridized carbons (Fsp3) is 0.105. The normalized spacial score (nSPS) is 15.5. The first-order chi connectivity index (χ1) is 23.0. The Labute approximate surface area is 271 Å². The van der Waals surface area contributed by atoms with Gasteiger partial charge in [0.2, 0.25) is 5.41 Å². The van der Waals surface area contributed by atoms with Crippen LogP contribution in [0.4, 0.5) is 37.7 Å². The molecule has 1 aliphatic heterocycles. The summed E-state index contributed by atoms with van der Waals surface area (Å²) in [5, 5.41) is 1.73. The monoisotopic (exact) mass is 652 g/mol. The van der Waals surface area contributed by atoms with Crippen molar-refractivity contribution in [1.82, 2.24) is 14.5 Å². The Bertz CT molecular complexity index is 2140. The van der Waals surface area contributed by atoms with Gasteiger partial charge in [0.05, 0.1) is 29.1 Å². The van der Waals surface area contributed by atoms with Crippen molar-refractivity contribution in [2.75, 3.05) is 4.90 Å². The summed E-state index contributed by atoms with van der Waals surface area (Å²) in [4.78, 5) is 10.0. The van der Waals surface area contributed by atoms with E-state index in [-0.39, 0.29) is 0 Å². The first-order valence-corrected chi connectivity index (χ1v) is 15.0. The quantitative estimate of drug-likeness (QED) is 0.178. The first-order valence-electron chi connectivity index (χ1n) is 15.0. The summed E-state index contributed by atoms with van der Waals surface area (Å²) in [5.74, 6) is 0. The number of halogens is 6. The van der Waals surface area contributed by atoms with Gasteiger partial charge < -0.3 is 9.47 Å². The van der Waals surface area contributed by atoms with E-state index < -0.39 is 28.9 Å². The fourth-order valence-electron chi connectivity index (χ4n) is 6.56. The van der Waals surface area contributed by atoms with Crippen LogP contribution < -0.4 is 4.90 Å². The maximum absolute atomic E-state index is 15.1. The van der Waals surface area contributed by atoms with Crippen LogP contribution in [0.25, 0.3) is 27.5 Å². The van der Waals surface area contributed by atoms with Crippen molar-refractivity contribution in [2.45, 2.75) is 24.2 Å². The van der Waals surface area contributed by atoms with Crippen LogP contribution in [0.3, 0.4) is 0 Å². The third-order valence-electron chi connectivity index (χ3n) is 8.73. The summed E-state index contributed by atoms with van der Waals surface area (Å²) in [5.41, 5.74) is -2.16. The number of fused-ring (bicyclic) bond motifs is 4. The van der Waals surface area contributed by atoms with Gasteiger partial charge in [-0.25, -0.2) is 0 Å². The lowest BCUT2D eigenvalue weighted by atomic mass is 9.73. The van der Waals surface area contributed by atoms with E-state index in [0.717, 1.165) is 46.1 Å². The molecule has 4 heterocycles. The number of hydrogen-bond donors (Lipinski definition) is 0. The Morgan fingerprint density at radius 2 is 1.23 bits per heavy atom. The van der Waals surface area contributed by atoms with Crippen molar-refractivity contribution < 1.29 is 26.3 Å². The van der Waals surface area contributed by atoms with Crippen LogP contribution >= 0.6 is 0 Å². The highest BCUT2D eigenvalue weighted by molar-refractivity contribution is 6.08. The number of nitrogens with zero attached hydrogens (tertiary/aromatic N) is 4. The molecule has 48 heavy (non-hydrogen) atoms. The zero-order chi connectivity index (χ0) is 33.7. The maximum atomic E-state index is 15.1. The predicted molar refractivity (Wildman–Crippen MR) is 175 cm³/mol. The van der Waals surface area contributed by atoms with Gasteiger partial charge in [-0.05, 0) is 71.7 Å². The molecule has 0 aliphatic carbocycles. The van der Waals surface area contributed by atoms with Crippen LogP contribution in [0.1, 0.15) is 16.7 Å². The average molecular weight is 653 g/mol. The standard InChI is InChI=1S/C38H26F6N4/c1-25-7-3-2-4-8-26-19-21-45-23-34(26)47(25)29-15-11-27(12-16-29)36(37(39,40)41,38(42,43)44)28-13-17-30(18-14-28)48-33-10-6-5-9-31(33)32-20-22-46-24-35(32)48/h2-7,9-24H,1,8H2/b4-2-,7-3-. The lowest BCUT2D eigenvalue weighted by Gasteiger charge is -2.38. The molecule has 0 saturated carbocycles. The van der Waals surface area contributed by atoms with Crippen LogP contribution in [0, 0.1) is 0 Å². The Morgan fingerprint density at radius 3 is 1.92 bits per heavy atom. The van der Waals surface area contributed by atoms with E-state index >= 15 is 26.3 Å². The molecule has 7 rings (SSSR count).